The van der Waals surface area contributed by atoms with Crippen LogP contribution in [0.1, 0.15) is 72.6 Å². The van der Waals surface area contributed by atoms with Crippen LogP contribution in [0.5, 0.6) is 0 Å². The maximum Gasteiger partial charge on any atom is 0.336 e. The topological polar surface area (TPSA) is 109 Å². The van der Waals surface area contributed by atoms with Crippen molar-refractivity contribution >= 4 is 11.8 Å². The number of esters is 1. The second-order valence-electron chi connectivity index (χ2n) is 14.7. The van der Waals surface area contributed by atoms with Crippen molar-refractivity contribution in [2.75, 3.05) is 32.9 Å². The van der Waals surface area contributed by atoms with E-state index in [9.17, 15) is 19.8 Å². The number of fused-ring (bicyclic) bond motifs is 4. The molecule has 6 fully saturated rings. The van der Waals surface area contributed by atoms with Crippen molar-refractivity contribution in [1.29, 1.82) is 0 Å². The Morgan fingerprint density at radius 1 is 1.07 bits per heavy atom. The van der Waals surface area contributed by atoms with Gasteiger partial charge in [-0.25, -0.2) is 4.79 Å². The van der Waals surface area contributed by atoms with Crippen molar-refractivity contribution in [3.63, 3.8) is 0 Å². The van der Waals surface area contributed by atoms with Crippen LogP contribution in [0.15, 0.2) is 11.1 Å². The summed E-state index contributed by atoms with van der Waals surface area (Å²) < 4.78 is 18.0. The number of nitrogens with zero attached hydrogens (tertiary/aromatic N) is 1. The van der Waals surface area contributed by atoms with Crippen LogP contribution in [-0.4, -0.2) is 89.7 Å². The Balaban J connectivity index is 1.13. The van der Waals surface area contributed by atoms with Crippen LogP contribution in [0.25, 0.3) is 0 Å². The minimum absolute atomic E-state index is 0.0515. The summed E-state index contributed by atoms with van der Waals surface area (Å²) in [4.78, 5) is 29.0. The van der Waals surface area contributed by atoms with Crippen molar-refractivity contribution < 1.29 is 34.0 Å². The molecule has 8 heteroatoms. The standard InChI is InChI=1S/C32H47NO7/c1-17-13-25(39-29(37)20(17)16-34)18(2)21-5-6-22-19-14-27-32(40-27)28(36)24(33-9-11-38-12-10-33)15-26(35)31(32,4)23(19)7-8-30(21,22)3/h18-19,21-25,27-28,34,36H,5-16H2,1-4H3. The molecule has 12 unspecified atom stereocenters. The predicted octanol–water partition coefficient (Wildman–Crippen LogP) is 2.89. The van der Waals surface area contributed by atoms with Crippen LogP contribution in [0.2, 0.25) is 0 Å². The van der Waals surface area contributed by atoms with Gasteiger partial charge in [-0.05, 0) is 81.0 Å². The molecule has 40 heavy (non-hydrogen) atoms. The zero-order chi connectivity index (χ0) is 28.2. The van der Waals surface area contributed by atoms with Gasteiger partial charge in [0.2, 0.25) is 0 Å². The predicted molar refractivity (Wildman–Crippen MR) is 146 cm³/mol. The highest BCUT2D eigenvalue weighted by atomic mass is 16.6. The molecule has 7 rings (SSSR count). The number of hydrogen-bond acceptors (Lipinski definition) is 8. The fraction of sp³-hybridized carbons (Fsp3) is 0.875. The van der Waals surface area contributed by atoms with Gasteiger partial charge < -0.3 is 24.4 Å². The van der Waals surface area contributed by atoms with E-state index in [4.69, 9.17) is 14.2 Å². The zero-order valence-electron chi connectivity index (χ0n) is 24.6. The molecule has 3 aliphatic heterocycles. The summed E-state index contributed by atoms with van der Waals surface area (Å²) in [5.74, 6) is 1.74. The van der Waals surface area contributed by atoms with Crippen LogP contribution >= 0.6 is 0 Å². The first-order chi connectivity index (χ1) is 19.1. The summed E-state index contributed by atoms with van der Waals surface area (Å²) in [5, 5.41) is 21.4. The number of epoxide rings is 1. The van der Waals surface area contributed by atoms with E-state index in [1.807, 2.05) is 6.92 Å². The minimum Gasteiger partial charge on any atom is -0.458 e. The van der Waals surface area contributed by atoms with E-state index < -0.39 is 17.1 Å². The van der Waals surface area contributed by atoms with Crippen molar-refractivity contribution in [2.24, 2.45) is 40.4 Å². The molecule has 4 aliphatic carbocycles. The SMILES string of the molecule is CC1=C(CO)C(=O)OC(C(C)C2CCC3C4CC5OC56C(O)C(N5CCOCC5)CC(=O)C6(C)C4CCC23C)C1. The Morgan fingerprint density at radius 3 is 2.52 bits per heavy atom. The first-order valence-corrected chi connectivity index (χ1v) is 15.8. The normalized spacial score (nSPS) is 51.4. The second-order valence-corrected chi connectivity index (χ2v) is 14.7. The summed E-state index contributed by atoms with van der Waals surface area (Å²) >= 11 is 0. The van der Waals surface area contributed by atoms with Crippen molar-refractivity contribution in [3.05, 3.63) is 11.1 Å². The number of ketones is 1. The van der Waals surface area contributed by atoms with Crippen molar-refractivity contribution in [3.8, 4) is 0 Å². The molecule has 2 N–H and O–H groups in total. The highest BCUT2D eigenvalue weighted by Gasteiger charge is 2.82. The van der Waals surface area contributed by atoms with Crippen molar-refractivity contribution in [2.45, 2.75) is 103 Å². The van der Waals surface area contributed by atoms with E-state index in [1.54, 1.807) is 0 Å². The lowest BCUT2D eigenvalue weighted by Gasteiger charge is -2.60. The Kier molecular flexibility index (Phi) is 6.42. The van der Waals surface area contributed by atoms with E-state index in [1.165, 1.54) is 0 Å². The number of rotatable bonds is 4. The zero-order valence-corrected chi connectivity index (χ0v) is 24.6. The van der Waals surface area contributed by atoms with E-state index in [-0.39, 0.29) is 53.9 Å². The van der Waals surface area contributed by atoms with Gasteiger partial charge >= 0.3 is 5.97 Å². The largest absolute Gasteiger partial charge is 0.458 e. The first kappa shape index (κ1) is 27.5. The lowest BCUT2D eigenvalue weighted by atomic mass is 9.43. The number of Topliss-reactive ketones (excluding diaryl/α,β-unsaturated/α-hetero) is 1. The Hall–Kier alpha value is -1.32. The van der Waals surface area contributed by atoms with Crippen LogP contribution in [0, 0.1) is 40.4 Å². The van der Waals surface area contributed by atoms with Gasteiger partial charge in [0, 0.05) is 32.0 Å². The van der Waals surface area contributed by atoms with E-state index in [0.717, 1.165) is 50.8 Å². The number of aliphatic hydroxyl groups excluding tert-OH is 2. The molecule has 4 saturated carbocycles. The third-order valence-corrected chi connectivity index (χ3v) is 13.5. The highest BCUT2D eigenvalue weighted by molar-refractivity contribution is 5.90. The minimum atomic E-state index is -0.740. The maximum absolute atomic E-state index is 14.2. The molecule has 2 saturated heterocycles. The third-order valence-electron chi connectivity index (χ3n) is 13.5. The maximum atomic E-state index is 14.2. The van der Waals surface area contributed by atoms with Gasteiger partial charge in [-0.2, -0.15) is 0 Å². The fourth-order valence-electron chi connectivity index (χ4n) is 11.3. The molecule has 12 atom stereocenters. The number of cyclic esters (lactones) is 1. The molecule has 0 radical (unpaired) electrons. The molecular weight excluding hydrogens is 510 g/mol. The summed E-state index contributed by atoms with van der Waals surface area (Å²) in [5.41, 5.74) is 0.106. The Bertz CT molecular complexity index is 1120. The first-order valence-electron chi connectivity index (χ1n) is 15.8. The number of carbonyl (C=O) groups excluding carboxylic acids is 2. The summed E-state index contributed by atoms with van der Waals surface area (Å²) in [7, 11) is 0. The van der Waals surface area contributed by atoms with Crippen LogP contribution in [0.4, 0.5) is 0 Å². The number of morpholine rings is 1. The molecular formula is C32H47NO7. The van der Waals surface area contributed by atoms with Crippen LogP contribution in [-0.2, 0) is 23.8 Å². The summed E-state index contributed by atoms with van der Waals surface area (Å²) in [6, 6.07) is -0.182. The van der Waals surface area contributed by atoms with Gasteiger partial charge in [0.1, 0.15) is 23.6 Å². The molecule has 0 aromatic rings. The fourth-order valence-corrected chi connectivity index (χ4v) is 11.3. The molecule has 3 heterocycles. The second kappa shape index (κ2) is 9.34. The lowest BCUT2D eigenvalue weighted by molar-refractivity contribution is -0.177. The van der Waals surface area contributed by atoms with Crippen LogP contribution in [0.3, 0.4) is 0 Å². The molecule has 8 nitrogen and oxygen atoms in total. The van der Waals surface area contributed by atoms with Crippen molar-refractivity contribution in [1.82, 2.24) is 4.90 Å². The van der Waals surface area contributed by atoms with Gasteiger partial charge in [-0.3, -0.25) is 9.69 Å². The van der Waals surface area contributed by atoms with Gasteiger partial charge in [0.25, 0.3) is 0 Å². The molecule has 0 aromatic heterocycles. The number of hydrogen-bond donors (Lipinski definition) is 2. The lowest BCUT2D eigenvalue weighted by Crippen LogP contribution is -2.70. The van der Waals surface area contributed by atoms with E-state index in [2.05, 4.69) is 25.7 Å². The van der Waals surface area contributed by atoms with Gasteiger partial charge in [-0.1, -0.05) is 19.4 Å². The van der Waals surface area contributed by atoms with Gasteiger partial charge in [-0.15, -0.1) is 0 Å². The summed E-state index contributed by atoms with van der Waals surface area (Å²) in [6.07, 6.45) is 5.44. The quantitative estimate of drug-likeness (QED) is 0.401. The van der Waals surface area contributed by atoms with Gasteiger partial charge in [0.05, 0.1) is 36.9 Å². The average Bonchev–Trinajstić information content (AvgIpc) is 3.57. The molecule has 0 amide bonds. The van der Waals surface area contributed by atoms with Gasteiger partial charge in [0.15, 0.2) is 0 Å². The van der Waals surface area contributed by atoms with E-state index >= 15 is 0 Å². The summed E-state index contributed by atoms with van der Waals surface area (Å²) in [6.45, 7) is 11.3. The molecule has 222 valence electrons. The third kappa shape index (κ3) is 3.49. The Morgan fingerprint density at radius 2 is 1.82 bits per heavy atom. The highest BCUT2D eigenvalue weighted by Crippen LogP contribution is 2.73. The monoisotopic (exact) mass is 557 g/mol. The molecule has 0 aromatic carbocycles. The van der Waals surface area contributed by atoms with E-state index in [0.29, 0.717) is 49.4 Å². The molecule has 1 spiro atoms. The van der Waals surface area contributed by atoms with Crippen LogP contribution < -0.4 is 0 Å². The smallest absolute Gasteiger partial charge is 0.336 e. The molecule has 7 aliphatic rings. The number of aliphatic hydroxyl groups is 2. The number of carbonyl (C=O) groups is 2. The Labute approximate surface area is 237 Å². The number of ether oxygens (including phenoxy) is 3. The molecule has 0 bridgehead atoms. The average molecular weight is 558 g/mol.